The number of anilines is 1. The van der Waals surface area contributed by atoms with Gasteiger partial charge in [-0.2, -0.15) is 4.31 Å². The summed E-state index contributed by atoms with van der Waals surface area (Å²) in [6.45, 7) is 0.273. The van der Waals surface area contributed by atoms with E-state index in [1.807, 2.05) is 54.6 Å². The molecule has 164 valence electrons. The maximum Gasteiger partial charge on any atom is 0.257 e. The van der Waals surface area contributed by atoms with Crippen molar-refractivity contribution in [2.75, 3.05) is 18.1 Å². The average molecular weight is 468 g/mol. The number of aromatic nitrogens is 1. The van der Waals surface area contributed by atoms with Gasteiger partial charge in [0, 0.05) is 19.3 Å². The second kappa shape index (κ2) is 9.56. The van der Waals surface area contributed by atoms with E-state index in [-0.39, 0.29) is 23.1 Å². The molecule has 0 fully saturated rings. The van der Waals surface area contributed by atoms with Gasteiger partial charge in [-0.15, -0.1) is 0 Å². The van der Waals surface area contributed by atoms with Crippen molar-refractivity contribution in [2.24, 2.45) is 0 Å². The molecule has 0 radical (unpaired) electrons. The van der Waals surface area contributed by atoms with Crippen LogP contribution < -0.4 is 5.32 Å². The normalized spacial score (nSPS) is 11.7. The first-order valence-electron chi connectivity index (χ1n) is 9.80. The molecule has 0 spiro atoms. The summed E-state index contributed by atoms with van der Waals surface area (Å²) in [5.41, 5.74) is 2.82. The summed E-state index contributed by atoms with van der Waals surface area (Å²) in [4.78, 5) is 16.7. The lowest BCUT2D eigenvalue weighted by Gasteiger charge is -2.17. The molecule has 0 aliphatic heterocycles. The number of carbonyl (C=O) groups is 1. The molecule has 1 heterocycles. The Kier molecular flexibility index (Phi) is 6.59. The largest absolute Gasteiger partial charge is 0.431 e. The molecule has 4 rings (SSSR count). The predicted molar refractivity (Wildman–Crippen MR) is 125 cm³/mol. The molecular formula is C23H21N3O4S2. The topological polar surface area (TPSA) is 92.5 Å². The summed E-state index contributed by atoms with van der Waals surface area (Å²) >= 11 is 1.19. The van der Waals surface area contributed by atoms with Crippen LogP contribution in [0.3, 0.4) is 0 Å². The number of amides is 1. The molecule has 1 aromatic heterocycles. The fourth-order valence-electron chi connectivity index (χ4n) is 3.05. The third-order valence-electron chi connectivity index (χ3n) is 4.70. The Morgan fingerprint density at radius 3 is 2.41 bits per heavy atom. The molecule has 4 aromatic rings. The molecule has 7 nitrogen and oxygen atoms in total. The zero-order valence-corrected chi connectivity index (χ0v) is 18.9. The van der Waals surface area contributed by atoms with Crippen LogP contribution in [0.2, 0.25) is 0 Å². The Bertz CT molecular complexity index is 1290. The smallest absolute Gasteiger partial charge is 0.257 e. The van der Waals surface area contributed by atoms with Crippen molar-refractivity contribution in [3.8, 4) is 0 Å². The van der Waals surface area contributed by atoms with Crippen molar-refractivity contribution in [1.82, 2.24) is 9.29 Å². The number of hydrogen-bond acceptors (Lipinski definition) is 6. The number of benzene rings is 3. The Labute approximate surface area is 190 Å². The molecule has 0 saturated carbocycles. The third kappa shape index (κ3) is 5.18. The second-order valence-corrected chi connectivity index (χ2v) is 10.0. The molecule has 0 aliphatic rings. The number of nitrogens with zero attached hydrogens (tertiary/aromatic N) is 2. The van der Waals surface area contributed by atoms with Crippen molar-refractivity contribution in [3.05, 3.63) is 84.4 Å². The predicted octanol–water partition coefficient (Wildman–Crippen LogP) is 4.38. The molecule has 3 aromatic carbocycles. The molecule has 0 aliphatic carbocycles. The first kappa shape index (κ1) is 22.1. The minimum absolute atomic E-state index is 0.118. The standard InChI is InChI=1S/C23H21N3O4S2/c1-26(15-17-7-3-2-4-8-17)32(28,29)19-13-11-18(12-14-19)24-22(27)16-31-23-25-20-9-5-6-10-21(20)30-23/h2-14H,15-16H2,1H3,(H,24,27). The molecule has 0 bridgehead atoms. The van der Waals surface area contributed by atoms with Crippen LogP contribution in [0.1, 0.15) is 5.56 Å². The lowest BCUT2D eigenvalue weighted by Crippen LogP contribution is -2.26. The van der Waals surface area contributed by atoms with E-state index in [1.165, 1.54) is 28.2 Å². The highest BCUT2D eigenvalue weighted by Gasteiger charge is 2.21. The van der Waals surface area contributed by atoms with Crippen molar-refractivity contribution in [3.63, 3.8) is 0 Å². The van der Waals surface area contributed by atoms with Gasteiger partial charge in [-0.1, -0.05) is 54.2 Å². The number of fused-ring (bicyclic) bond motifs is 1. The molecule has 32 heavy (non-hydrogen) atoms. The van der Waals surface area contributed by atoms with Crippen LogP contribution in [0, 0.1) is 0 Å². The highest BCUT2D eigenvalue weighted by atomic mass is 32.2. The van der Waals surface area contributed by atoms with Gasteiger partial charge in [-0.3, -0.25) is 4.79 Å². The zero-order chi connectivity index (χ0) is 22.6. The van der Waals surface area contributed by atoms with E-state index in [0.717, 1.165) is 11.1 Å². The fraction of sp³-hybridized carbons (Fsp3) is 0.130. The maximum atomic E-state index is 12.8. The number of hydrogen-bond donors (Lipinski definition) is 1. The Balaban J connectivity index is 1.34. The van der Waals surface area contributed by atoms with E-state index in [2.05, 4.69) is 10.3 Å². The highest BCUT2D eigenvalue weighted by Crippen LogP contribution is 2.24. The summed E-state index contributed by atoms with van der Waals surface area (Å²) in [6.07, 6.45) is 0. The molecule has 1 amide bonds. The Hall–Kier alpha value is -3.14. The number of oxazole rings is 1. The Morgan fingerprint density at radius 1 is 1.00 bits per heavy atom. The Morgan fingerprint density at radius 2 is 1.69 bits per heavy atom. The van der Waals surface area contributed by atoms with E-state index in [9.17, 15) is 13.2 Å². The van der Waals surface area contributed by atoms with Gasteiger partial charge in [-0.25, -0.2) is 13.4 Å². The van der Waals surface area contributed by atoms with Gasteiger partial charge in [0.1, 0.15) is 5.52 Å². The summed E-state index contributed by atoms with van der Waals surface area (Å²) in [5.74, 6) is -0.124. The quantitative estimate of drug-likeness (QED) is 0.387. The SMILES string of the molecule is CN(Cc1ccccc1)S(=O)(=O)c1ccc(NC(=O)CSc2nc3ccccc3o2)cc1. The van der Waals surface area contributed by atoms with Crippen LogP contribution in [0.25, 0.3) is 11.1 Å². The number of carbonyl (C=O) groups excluding carboxylic acids is 1. The van der Waals surface area contributed by atoms with Crippen LogP contribution in [-0.4, -0.2) is 36.4 Å². The van der Waals surface area contributed by atoms with E-state index in [1.54, 1.807) is 19.2 Å². The first-order chi connectivity index (χ1) is 15.4. The molecule has 0 atom stereocenters. The van der Waals surface area contributed by atoms with Crippen molar-refractivity contribution < 1.29 is 17.6 Å². The highest BCUT2D eigenvalue weighted by molar-refractivity contribution is 7.99. The molecule has 0 unspecified atom stereocenters. The van der Waals surface area contributed by atoms with Gasteiger partial charge < -0.3 is 9.73 Å². The third-order valence-corrected chi connectivity index (χ3v) is 7.34. The number of rotatable bonds is 8. The number of sulfonamides is 1. The van der Waals surface area contributed by atoms with E-state index >= 15 is 0 Å². The number of thioether (sulfide) groups is 1. The summed E-state index contributed by atoms with van der Waals surface area (Å²) in [6, 6.07) is 22.9. The van der Waals surface area contributed by atoms with Crippen molar-refractivity contribution in [2.45, 2.75) is 16.7 Å². The van der Waals surface area contributed by atoms with Crippen molar-refractivity contribution >= 4 is 44.5 Å². The molecule has 1 N–H and O–H groups in total. The van der Waals surface area contributed by atoms with Gasteiger partial charge in [0.2, 0.25) is 15.9 Å². The van der Waals surface area contributed by atoms with Crippen LogP contribution in [0.15, 0.2) is 93.4 Å². The van der Waals surface area contributed by atoms with Crippen LogP contribution >= 0.6 is 11.8 Å². The minimum Gasteiger partial charge on any atom is -0.431 e. The summed E-state index contributed by atoms with van der Waals surface area (Å²) < 4.78 is 32.5. The number of nitrogens with one attached hydrogen (secondary N) is 1. The monoisotopic (exact) mass is 467 g/mol. The fourth-order valence-corrected chi connectivity index (χ4v) is 4.85. The van der Waals surface area contributed by atoms with E-state index < -0.39 is 10.0 Å². The second-order valence-electron chi connectivity index (χ2n) is 7.06. The van der Waals surface area contributed by atoms with Crippen LogP contribution in [-0.2, 0) is 21.4 Å². The minimum atomic E-state index is -3.65. The van der Waals surface area contributed by atoms with Gasteiger partial charge in [0.15, 0.2) is 5.58 Å². The van der Waals surface area contributed by atoms with Gasteiger partial charge >= 0.3 is 0 Å². The van der Waals surface area contributed by atoms with E-state index in [4.69, 9.17) is 4.42 Å². The van der Waals surface area contributed by atoms with Gasteiger partial charge in [-0.05, 0) is 42.0 Å². The zero-order valence-electron chi connectivity index (χ0n) is 17.3. The number of para-hydroxylation sites is 2. The summed E-state index contributed by atoms with van der Waals surface area (Å²) in [5, 5.41) is 3.18. The summed E-state index contributed by atoms with van der Waals surface area (Å²) in [7, 11) is -2.10. The molecule has 0 saturated heterocycles. The van der Waals surface area contributed by atoms with Crippen LogP contribution in [0.5, 0.6) is 0 Å². The lowest BCUT2D eigenvalue weighted by molar-refractivity contribution is -0.113. The van der Waals surface area contributed by atoms with Gasteiger partial charge in [0.05, 0.1) is 10.6 Å². The van der Waals surface area contributed by atoms with Crippen LogP contribution in [0.4, 0.5) is 5.69 Å². The first-order valence-corrected chi connectivity index (χ1v) is 12.2. The molecule has 9 heteroatoms. The van der Waals surface area contributed by atoms with Gasteiger partial charge in [0.25, 0.3) is 5.22 Å². The average Bonchev–Trinajstić information content (AvgIpc) is 3.22. The van der Waals surface area contributed by atoms with Crippen molar-refractivity contribution in [1.29, 1.82) is 0 Å². The van der Waals surface area contributed by atoms with E-state index in [0.29, 0.717) is 16.5 Å². The molecular weight excluding hydrogens is 446 g/mol. The maximum absolute atomic E-state index is 12.8. The lowest BCUT2D eigenvalue weighted by atomic mass is 10.2.